The Morgan fingerprint density at radius 3 is 1.30 bits per heavy atom. The van der Waals surface area contributed by atoms with E-state index in [-0.39, 0.29) is 44.9 Å². The molecule has 13 nitrogen and oxygen atoms in total. The van der Waals surface area contributed by atoms with Gasteiger partial charge in [-0.3, -0.25) is 0 Å². The van der Waals surface area contributed by atoms with E-state index >= 15 is 0 Å². The second kappa shape index (κ2) is 28.2. The Bertz CT molecular complexity index is 2410. The van der Waals surface area contributed by atoms with Crippen LogP contribution in [0, 0.1) is 23.3 Å². The summed E-state index contributed by atoms with van der Waals surface area (Å²) in [6.45, 7) is 28.3. The number of hydrogen-bond acceptors (Lipinski definition) is 13. The van der Waals surface area contributed by atoms with Crippen LogP contribution in [0.3, 0.4) is 0 Å². The normalized spacial score (nSPS) is 19.4. The molecule has 25 heteroatoms. The average Bonchev–Trinajstić information content (AvgIpc) is 3.68. The number of ether oxygens (including phenoxy) is 3. The minimum absolute atomic E-state index is 0.0509. The van der Waals surface area contributed by atoms with Crippen molar-refractivity contribution in [2.75, 3.05) is 93.6 Å². The van der Waals surface area contributed by atoms with Gasteiger partial charge in [0.1, 0.15) is 23.3 Å². The van der Waals surface area contributed by atoms with Crippen molar-refractivity contribution in [2.24, 2.45) is 0 Å². The summed E-state index contributed by atoms with van der Waals surface area (Å²) in [6.07, 6.45) is 0.120. The topological polar surface area (TPSA) is 124 Å². The molecule has 5 aliphatic rings. The Morgan fingerprint density at radius 1 is 0.539 bits per heavy atom. The van der Waals surface area contributed by atoms with Crippen molar-refractivity contribution < 1.29 is 65.1 Å². The number of rotatable bonds is 7. The van der Waals surface area contributed by atoms with Crippen LogP contribution in [0.4, 0.5) is 34.6 Å². The Balaban J connectivity index is 0.000000180. The van der Waals surface area contributed by atoms with Crippen LogP contribution in [0.1, 0.15) is 69.2 Å². The molecule has 5 fully saturated rings. The third-order valence-electron chi connectivity index (χ3n) is 13.3. The van der Waals surface area contributed by atoms with Gasteiger partial charge in [0.25, 0.3) is 0 Å². The van der Waals surface area contributed by atoms with Gasteiger partial charge in [-0.05, 0) is 151 Å². The molecule has 418 valence electrons. The molecule has 0 radical (unpaired) electrons. The first kappa shape index (κ1) is 64.3. The Kier molecular flexibility index (Phi) is 23.9. The first-order chi connectivity index (χ1) is 35.5. The number of hydrogen-bond donors (Lipinski definition) is 2. The van der Waals surface area contributed by atoms with E-state index in [1.807, 2.05) is 69.2 Å². The highest BCUT2D eigenvalue weighted by Gasteiger charge is 2.54. The van der Waals surface area contributed by atoms with Crippen molar-refractivity contribution in [1.29, 1.82) is 0 Å². The quantitative estimate of drug-likeness (QED) is 0.104. The Labute approximate surface area is 474 Å². The second-order valence-corrected chi connectivity index (χ2v) is 22.8. The number of halogens is 9. The second-order valence-electron chi connectivity index (χ2n) is 20.4. The fraction of sp³-hybridized carbons (Fsp3) is 0.529. The van der Waals surface area contributed by atoms with Gasteiger partial charge in [-0.2, -0.15) is 0 Å². The van der Waals surface area contributed by atoms with Gasteiger partial charge >= 0.3 is 21.6 Å². The lowest BCUT2D eigenvalue weighted by Crippen LogP contribution is -2.41. The lowest BCUT2D eigenvalue weighted by Gasteiger charge is -2.32. The number of nitrogens with zero attached hydrogens (tertiary/aromatic N) is 3. The summed E-state index contributed by atoms with van der Waals surface area (Å²) in [5.41, 5.74) is 1.06. The smallest absolute Gasteiger partial charge is 0.423 e. The fourth-order valence-corrected chi connectivity index (χ4v) is 8.81. The van der Waals surface area contributed by atoms with Crippen LogP contribution in [-0.2, 0) is 37.5 Å². The molecule has 0 aromatic heterocycles. The highest BCUT2D eigenvalue weighted by molar-refractivity contribution is 9.10. The van der Waals surface area contributed by atoms with E-state index < -0.39 is 44.4 Å². The molecule has 0 unspecified atom stereocenters. The summed E-state index contributed by atoms with van der Waals surface area (Å²) < 4.78 is 98.3. The molecule has 9 rings (SSSR count). The maximum Gasteiger partial charge on any atom is 0.640 e. The zero-order valence-corrected chi connectivity index (χ0v) is 49.1. The zero-order valence-electron chi connectivity index (χ0n) is 44.5. The van der Waals surface area contributed by atoms with Crippen molar-refractivity contribution >= 4 is 112 Å². The molecule has 0 aliphatic carbocycles. The van der Waals surface area contributed by atoms with Crippen LogP contribution in [-0.4, -0.2) is 139 Å². The molecule has 4 aromatic carbocycles. The van der Waals surface area contributed by atoms with Crippen molar-refractivity contribution in [3.05, 3.63) is 108 Å². The van der Waals surface area contributed by atoms with E-state index in [0.717, 1.165) is 68.5 Å². The summed E-state index contributed by atoms with van der Waals surface area (Å²) in [5.74, 6) is -1.61. The molecule has 0 atom stereocenters. The maximum absolute atomic E-state index is 14.7. The zero-order chi connectivity index (χ0) is 56.3. The van der Waals surface area contributed by atoms with Crippen molar-refractivity contribution in [3.63, 3.8) is 0 Å². The Hall–Kier alpha value is -2.57. The lowest BCUT2D eigenvalue weighted by atomic mass is 9.78. The van der Waals surface area contributed by atoms with Gasteiger partial charge in [0.2, 0.25) is 0 Å². The van der Waals surface area contributed by atoms with E-state index in [2.05, 4.69) is 30.6 Å². The highest BCUT2D eigenvalue weighted by Crippen LogP contribution is 2.39. The first-order valence-electron chi connectivity index (χ1n) is 24.8. The number of morpholine rings is 3. The highest BCUT2D eigenvalue weighted by atomic mass is 79.9. The summed E-state index contributed by atoms with van der Waals surface area (Å²) >= 11 is 26.5. The minimum Gasteiger partial charge on any atom is -0.423 e. The third-order valence-corrected chi connectivity index (χ3v) is 15.4. The van der Waals surface area contributed by atoms with E-state index in [1.165, 1.54) is 30.3 Å². The van der Waals surface area contributed by atoms with Gasteiger partial charge in [0.05, 0.1) is 71.5 Å². The van der Waals surface area contributed by atoms with Crippen molar-refractivity contribution in [2.45, 2.75) is 97.7 Å². The largest absolute Gasteiger partial charge is 0.640 e. The summed E-state index contributed by atoms with van der Waals surface area (Å²) in [4.78, 5) is 6.19. The molecular formula is C51H67B3BrCl4F4N3O10. The predicted octanol–water partition coefficient (Wildman–Crippen LogP) is 10.2. The molecule has 5 heterocycles. The van der Waals surface area contributed by atoms with Gasteiger partial charge < -0.3 is 62.2 Å². The van der Waals surface area contributed by atoms with Gasteiger partial charge in [0, 0.05) is 83.0 Å². The van der Waals surface area contributed by atoms with Crippen LogP contribution in [0.25, 0.3) is 0 Å². The van der Waals surface area contributed by atoms with Crippen LogP contribution in [0.2, 0.25) is 20.1 Å². The number of benzene rings is 4. The molecular weight excluding hydrogens is 1140 g/mol. The van der Waals surface area contributed by atoms with E-state index in [1.54, 1.807) is 18.2 Å². The number of anilines is 3. The first-order valence-corrected chi connectivity index (χ1v) is 27.1. The molecule has 2 N–H and O–H groups in total. The monoisotopic (exact) mass is 1210 g/mol. The maximum atomic E-state index is 14.7. The van der Waals surface area contributed by atoms with Crippen LogP contribution in [0.15, 0.2) is 65.1 Å². The van der Waals surface area contributed by atoms with Crippen molar-refractivity contribution in [3.8, 4) is 0 Å². The van der Waals surface area contributed by atoms with Gasteiger partial charge in [-0.25, -0.2) is 17.6 Å². The molecule has 0 spiro atoms. The lowest BCUT2D eigenvalue weighted by molar-refractivity contribution is 0.00578. The van der Waals surface area contributed by atoms with Crippen LogP contribution < -0.4 is 25.6 Å². The van der Waals surface area contributed by atoms with Crippen LogP contribution in [0.5, 0.6) is 0 Å². The predicted molar refractivity (Wildman–Crippen MR) is 300 cm³/mol. The summed E-state index contributed by atoms with van der Waals surface area (Å²) in [7, 11) is -3.00. The van der Waals surface area contributed by atoms with E-state index in [9.17, 15) is 17.6 Å². The van der Waals surface area contributed by atoms with Gasteiger partial charge in [0.15, 0.2) is 0 Å². The standard InChI is InChI=1S/C16H22BClFNO3.C10H10BrClFNO.C10H11ClFNO.C9H19BO3.C6H5BClFO2/c1-15(2)16(3,4)23-17(22-15)14-12(18)9-11(10-13(14)19)20-5-7-21-8-6-20;11-10-8(12)5-7(6-9(10)13)14-1-3-15-4-2-14;11-8-5-9(12)7-10(6-8)13-1-3-14-4-2-13;1-7(2)11-10-12-8(3,4)9(5,6)13-10;8-5-1-4(7(10)11)2-6(9)3-5/h9-10H,5-8H2,1-4H3;5-6H,1-4H2;5-7H,1-4H2;7H,1-6H3;1-3,10-11H. The molecule has 0 amide bonds. The molecule has 4 aromatic rings. The molecule has 0 bridgehead atoms. The van der Waals surface area contributed by atoms with Gasteiger partial charge in [-0.1, -0.05) is 46.4 Å². The van der Waals surface area contributed by atoms with E-state index in [4.69, 9.17) is 93.9 Å². The molecule has 5 aliphatic heterocycles. The summed E-state index contributed by atoms with van der Waals surface area (Å²) in [5, 5.41) is 18.5. The molecule has 5 saturated heterocycles. The SMILES string of the molecule is CC(C)OB1OC(C)(C)C(C)(C)O1.CC1(C)OB(c2c(F)cc(N3CCOCC3)cc2Cl)OC1(C)C.Fc1cc(Cl)cc(N2CCOCC2)c1.Fc1cc(N2CCOCC2)cc(Cl)c1Br.OB(O)c1cc(F)cc(Cl)c1. The van der Waals surface area contributed by atoms with Crippen molar-refractivity contribution in [1.82, 2.24) is 0 Å². The molecule has 76 heavy (non-hydrogen) atoms. The average molecular weight is 1210 g/mol. The fourth-order valence-electron chi connectivity index (χ4n) is 7.64. The molecule has 0 saturated carbocycles. The van der Waals surface area contributed by atoms with E-state index in [0.29, 0.717) is 59.2 Å². The van der Waals surface area contributed by atoms with Crippen LogP contribution >= 0.6 is 62.3 Å². The van der Waals surface area contributed by atoms with Gasteiger partial charge in [-0.15, -0.1) is 0 Å². The minimum atomic E-state index is -1.68. The summed E-state index contributed by atoms with van der Waals surface area (Å²) in [6, 6.07) is 14.5. The Morgan fingerprint density at radius 2 is 0.921 bits per heavy atom. The third kappa shape index (κ3) is 18.2.